The Morgan fingerprint density at radius 3 is 2.92 bits per heavy atom. The molecule has 0 unspecified atom stereocenters. The highest BCUT2D eigenvalue weighted by Crippen LogP contribution is 2.40. The van der Waals surface area contributed by atoms with Gasteiger partial charge in [0, 0.05) is 0 Å². The van der Waals surface area contributed by atoms with Gasteiger partial charge < -0.3 is 9.84 Å². The zero-order valence-corrected chi connectivity index (χ0v) is 8.16. The summed E-state index contributed by atoms with van der Waals surface area (Å²) < 4.78 is 6.31. The normalized spacial score (nSPS) is 20.4. The van der Waals surface area contributed by atoms with Crippen LogP contribution in [0.15, 0.2) is 21.7 Å². The number of rotatable bonds is 3. The first kappa shape index (κ1) is 8.56. The molecular weight excluding hydrogens is 192 g/mol. The number of thioether (sulfide) groups is 1. The van der Waals surface area contributed by atoms with E-state index in [1.165, 1.54) is 4.21 Å². The molecule has 1 aromatic heterocycles. The van der Waals surface area contributed by atoms with Gasteiger partial charge in [-0.25, -0.2) is 0 Å². The maximum atomic E-state index is 9.14. The minimum Gasteiger partial charge on any atom is -0.395 e. The van der Waals surface area contributed by atoms with Crippen LogP contribution in [0.25, 0.3) is 0 Å². The van der Waals surface area contributed by atoms with Crippen molar-refractivity contribution in [1.29, 1.82) is 0 Å². The molecule has 0 radical (unpaired) electrons. The Morgan fingerprint density at radius 1 is 1.67 bits per heavy atom. The topological polar surface area (TPSA) is 29.5 Å². The van der Waals surface area contributed by atoms with Gasteiger partial charge >= 0.3 is 0 Å². The lowest BCUT2D eigenvalue weighted by atomic mass is 10.1. The fraction of sp³-hybridized carbons (Fsp3) is 0.500. The fourth-order valence-corrected chi connectivity index (χ4v) is 3.31. The zero-order chi connectivity index (χ0) is 8.44. The van der Waals surface area contributed by atoms with E-state index in [9.17, 15) is 0 Å². The number of aliphatic hydroxyl groups excluding tert-OH is 1. The van der Waals surface area contributed by atoms with Crippen LogP contribution in [0.1, 0.15) is 0 Å². The van der Waals surface area contributed by atoms with Crippen LogP contribution >= 0.6 is 23.1 Å². The van der Waals surface area contributed by atoms with Gasteiger partial charge in [0.1, 0.15) is 0 Å². The molecule has 0 aromatic carbocycles. The first-order valence-electron chi connectivity index (χ1n) is 3.76. The largest absolute Gasteiger partial charge is 0.395 e. The highest BCUT2D eigenvalue weighted by molar-refractivity contribution is 8.02. The van der Waals surface area contributed by atoms with E-state index in [1.54, 1.807) is 23.1 Å². The monoisotopic (exact) mass is 202 g/mol. The summed E-state index contributed by atoms with van der Waals surface area (Å²) in [7, 11) is 0. The summed E-state index contributed by atoms with van der Waals surface area (Å²) in [6, 6.07) is 4.10. The molecule has 1 aromatic rings. The first-order valence-corrected chi connectivity index (χ1v) is 5.45. The van der Waals surface area contributed by atoms with Gasteiger partial charge in [-0.2, -0.15) is 0 Å². The van der Waals surface area contributed by atoms with Crippen LogP contribution in [-0.2, 0) is 4.74 Å². The predicted octanol–water partition coefficient (Wildman–Crippen LogP) is 1.60. The van der Waals surface area contributed by atoms with Crippen LogP contribution in [0.2, 0.25) is 0 Å². The van der Waals surface area contributed by atoms with Gasteiger partial charge in [-0.3, -0.25) is 0 Å². The quantitative estimate of drug-likeness (QED) is 0.807. The summed E-state index contributed by atoms with van der Waals surface area (Å²) >= 11 is 3.44. The van der Waals surface area contributed by atoms with Crippen molar-refractivity contribution in [3.05, 3.63) is 17.5 Å². The van der Waals surface area contributed by atoms with Crippen LogP contribution in [-0.4, -0.2) is 29.7 Å². The number of thiophene rings is 1. The molecule has 1 aliphatic rings. The lowest BCUT2D eigenvalue weighted by molar-refractivity contribution is -0.0318. The third-order valence-electron chi connectivity index (χ3n) is 1.83. The van der Waals surface area contributed by atoms with Gasteiger partial charge in [-0.1, -0.05) is 6.07 Å². The SMILES string of the molecule is OCC1(Sc2cccs2)COC1. The summed E-state index contributed by atoms with van der Waals surface area (Å²) in [6.07, 6.45) is 0. The van der Waals surface area contributed by atoms with Gasteiger partial charge in [-0.15, -0.1) is 23.1 Å². The molecule has 0 bridgehead atoms. The minimum atomic E-state index is -0.0507. The standard InChI is InChI=1S/C8H10O2S2/c9-4-8(5-10-6-8)12-7-2-1-3-11-7/h1-3,9H,4-6H2. The molecule has 1 fully saturated rings. The number of hydrogen-bond acceptors (Lipinski definition) is 4. The highest BCUT2D eigenvalue weighted by atomic mass is 32.2. The van der Waals surface area contributed by atoms with Crippen LogP contribution in [0.4, 0.5) is 0 Å². The lowest BCUT2D eigenvalue weighted by Crippen LogP contribution is -2.49. The van der Waals surface area contributed by atoms with E-state index < -0.39 is 0 Å². The fourth-order valence-electron chi connectivity index (χ4n) is 1.05. The van der Waals surface area contributed by atoms with Gasteiger partial charge in [0.25, 0.3) is 0 Å². The van der Waals surface area contributed by atoms with E-state index in [1.807, 2.05) is 11.4 Å². The molecule has 1 aliphatic heterocycles. The van der Waals surface area contributed by atoms with Crippen molar-refractivity contribution >= 4 is 23.1 Å². The summed E-state index contributed by atoms with van der Waals surface area (Å²) in [6.45, 7) is 1.55. The van der Waals surface area contributed by atoms with Gasteiger partial charge in [0.2, 0.25) is 0 Å². The second-order valence-electron chi connectivity index (χ2n) is 2.87. The minimum absolute atomic E-state index is 0.0507. The van der Waals surface area contributed by atoms with Gasteiger partial charge in [0.15, 0.2) is 0 Å². The molecule has 0 aliphatic carbocycles. The molecule has 2 rings (SSSR count). The van der Waals surface area contributed by atoms with E-state index in [0.29, 0.717) is 13.2 Å². The number of hydrogen-bond donors (Lipinski definition) is 1. The third kappa shape index (κ3) is 1.52. The van der Waals surface area contributed by atoms with E-state index in [-0.39, 0.29) is 11.4 Å². The Balaban J connectivity index is 2.01. The Bertz CT molecular complexity index is 236. The van der Waals surface area contributed by atoms with Crippen molar-refractivity contribution < 1.29 is 9.84 Å². The maximum Gasteiger partial charge on any atom is 0.0910 e. The molecule has 0 atom stereocenters. The van der Waals surface area contributed by atoms with Crippen LogP contribution in [0, 0.1) is 0 Å². The van der Waals surface area contributed by atoms with Crippen LogP contribution in [0.3, 0.4) is 0 Å². The van der Waals surface area contributed by atoms with Crippen molar-refractivity contribution in [3.63, 3.8) is 0 Å². The second kappa shape index (κ2) is 3.38. The third-order valence-corrected chi connectivity index (χ3v) is 4.17. The molecule has 4 heteroatoms. The maximum absolute atomic E-state index is 9.14. The first-order chi connectivity index (χ1) is 5.85. The summed E-state index contributed by atoms with van der Waals surface area (Å²) in [4.78, 5) is 0. The molecule has 2 heterocycles. The van der Waals surface area contributed by atoms with Crippen molar-refractivity contribution in [2.75, 3.05) is 19.8 Å². The summed E-state index contributed by atoms with van der Waals surface area (Å²) in [5, 5.41) is 11.2. The molecule has 2 nitrogen and oxygen atoms in total. The molecule has 12 heavy (non-hydrogen) atoms. The van der Waals surface area contributed by atoms with Crippen molar-refractivity contribution in [2.45, 2.75) is 8.96 Å². The van der Waals surface area contributed by atoms with Crippen LogP contribution in [0.5, 0.6) is 0 Å². The molecular formula is C8H10O2S2. The van der Waals surface area contributed by atoms with E-state index >= 15 is 0 Å². The van der Waals surface area contributed by atoms with E-state index in [4.69, 9.17) is 9.84 Å². The zero-order valence-electron chi connectivity index (χ0n) is 6.53. The second-order valence-corrected chi connectivity index (χ2v) is 5.58. The smallest absolute Gasteiger partial charge is 0.0910 e. The van der Waals surface area contributed by atoms with Crippen molar-refractivity contribution in [2.24, 2.45) is 0 Å². The molecule has 66 valence electrons. The van der Waals surface area contributed by atoms with E-state index in [0.717, 1.165) is 0 Å². The molecule has 0 saturated carbocycles. The van der Waals surface area contributed by atoms with E-state index in [2.05, 4.69) is 6.07 Å². The van der Waals surface area contributed by atoms with Crippen molar-refractivity contribution in [1.82, 2.24) is 0 Å². The van der Waals surface area contributed by atoms with Crippen molar-refractivity contribution in [3.8, 4) is 0 Å². The Hall–Kier alpha value is -0.0300. The van der Waals surface area contributed by atoms with Gasteiger partial charge in [0.05, 0.1) is 28.8 Å². The van der Waals surface area contributed by atoms with Crippen LogP contribution < -0.4 is 0 Å². The summed E-state index contributed by atoms with van der Waals surface area (Å²) in [5.41, 5.74) is 0. The Kier molecular flexibility index (Phi) is 2.41. The Labute approximate surface area is 79.6 Å². The summed E-state index contributed by atoms with van der Waals surface area (Å²) in [5.74, 6) is 0. The lowest BCUT2D eigenvalue weighted by Gasteiger charge is -2.38. The highest BCUT2D eigenvalue weighted by Gasteiger charge is 2.39. The average molecular weight is 202 g/mol. The Morgan fingerprint density at radius 2 is 2.50 bits per heavy atom. The molecule has 0 amide bonds. The average Bonchev–Trinajstić information content (AvgIpc) is 2.49. The molecule has 0 spiro atoms. The molecule has 1 N–H and O–H groups in total. The van der Waals surface area contributed by atoms with Gasteiger partial charge in [-0.05, 0) is 11.4 Å². The number of ether oxygens (including phenoxy) is 1. The number of aliphatic hydroxyl groups is 1. The molecule has 1 saturated heterocycles. The predicted molar refractivity (Wildman–Crippen MR) is 50.8 cm³/mol.